The normalized spacial score (nSPS) is 19.6. The number of methoxy groups -OCH3 is 1. The Hall–Kier alpha value is -1.60. The molecular formula is C16H22N2O4S. The quantitative estimate of drug-likeness (QED) is 0.799. The topological polar surface area (TPSA) is 66.9 Å². The third-order valence-electron chi connectivity index (χ3n) is 4.39. The first kappa shape index (κ1) is 16.3. The smallest absolute Gasteiger partial charge is 0.227 e. The molecule has 2 aliphatic rings. The van der Waals surface area contributed by atoms with Crippen LogP contribution in [0.5, 0.6) is 5.75 Å². The van der Waals surface area contributed by atoms with Crippen LogP contribution in [-0.2, 0) is 21.2 Å². The van der Waals surface area contributed by atoms with Crippen molar-refractivity contribution in [2.24, 2.45) is 0 Å². The standard InChI is InChI=1S/C16H22N2O4S/c1-22-14-4-2-3-13(11-14)12-16(19)17-7-9-18(10-8-17)23(20,21)15-5-6-15/h2-4,11,15H,5-10,12H2,1H3. The monoisotopic (exact) mass is 338 g/mol. The third-order valence-corrected chi connectivity index (χ3v) is 6.79. The minimum Gasteiger partial charge on any atom is -0.497 e. The van der Waals surface area contributed by atoms with Crippen LogP contribution in [0, 0.1) is 0 Å². The summed E-state index contributed by atoms with van der Waals surface area (Å²) in [5.41, 5.74) is 0.905. The summed E-state index contributed by atoms with van der Waals surface area (Å²) in [6.45, 7) is 1.74. The molecule has 6 nitrogen and oxygen atoms in total. The van der Waals surface area contributed by atoms with Gasteiger partial charge in [-0.3, -0.25) is 4.79 Å². The lowest BCUT2D eigenvalue weighted by Crippen LogP contribution is -2.51. The van der Waals surface area contributed by atoms with Crippen molar-refractivity contribution >= 4 is 15.9 Å². The van der Waals surface area contributed by atoms with Gasteiger partial charge in [-0.15, -0.1) is 0 Å². The molecule has 7 heteroatoms. The van der Waals surface area contributed by atoms with E-state index in [9.17, 15) is 13.2 Å². The van der Waals surface area contributed by atoms with Gasteiger partial charge in [0.15, 0.2) is 0 Å². The molecular weight excluding hydrogens is 316 g/mol. The van der Waals surface area contributed by atoms with Gasteiger partial charge in [-0.05, 0) is 30.5 Å². The van der Waals surface area contributed by atoms with Crippen molar-refractivity contribution in [3.63, 3.8) is 0 Å². The highest BCUT2D eigenvalue weighted by atomic mass is 32.2. The summed E-state index contributed by atoms with van der Waals surface area (Å²) in [5, 5.41) is -0.179. The lowest BCUT2D eigenvalue weighted by atomic mass is 10.1. The van der Waals surface area contributed by atoms with Crippen molar-refractivity contribution < 1.29 is 17.9 Å². The van der Waals surface area contributed by atoms with Gasteiger partial charge in [0.25, 0.3) is 0 Å². The summed E-state index contributed by atoms with van der Waals surface area (Å²) < 4.78 is 31.1. The minimum absolute atomic E-state index is 0.0294. The first-order chi connectivity index (χ1) is 11.0. The molecule has 23 heavy (non-hydrogen) atoms. The summed E-state index contributed by atoms with van der Waals surface area (Å²) >= 11 is 0. The Morgan fingerprint density at radius 2 is 1.91 bits per heavy atom. The van der Waals surface area contributed by atoms with Gasteiger partial charge in [0.2, 0.25) is 15.9 Å². The van der Waals surface area contributed by atoms with Crippen molar-refractivity contribution in [3.05, 3.63) is 29.8 Å². The average Bonchev–Trinajstić information content (AvgIpc) is 3.40. The highest BCUT2D eigenvalue weighted by molar-refractivity contribution is 7.90. The molecule has 1 aliphatic heterocycles. The van der Waals surface area contributed by atoms with Crippen LogP contribution < -0.4 is 4.74 Å². The van der Waals surface area contributed by atoms with Crippen LogP contribution in [0.2, 0.25) is 0 Å². The Bertz CT molecular complexity index is 677. The molecule has 0 N–H and O–H groups in total. The predicted molar refractivity (Wildman–Crippen MR) is 86.8 cm³/mol. The summed E-state index contributed by atoms with van der Waals surface area (Å²) in [6, 6.07) is 7.46. The molecule has 1 amide bonds. The van der Waals surface area contributed by atoms with Crippen LogP contribution >= 0.6 is 0 Å². The maximum atomic E-state index is 12.4. The van der Waals surface area contributed by atoms with E-state index in [0.717, 1.165) is 24.2 Å². The van der Waals surface area contributed by atoms with Gasteiger partial charge in [0.1, 0.15) is 5.75 Å². The van der Waals surface area contributed by atoms with Gasteiger partial charge in [0.05, 0.1) is 18.8 Å². The first-order valence-electron chi connectivity index (χ1n) is 7.90. The van der Waals surface area contributed by atoms with Gasteiger partial charge in [0, 0.05) is 26.2 Å². The number of rotatable bonds is 5. The molecule has 1 saturated carbocycles. The van der Waals surface area contributed by atoms with Gasteiger partial charge >= 0.3 is 0 Å². The number of carbonyl (C=O) groups is 1. The number of amides is 1. The van der Waals surface area contributed by atoms with E-state index in [4.69, 9.17) is 4.74 Å². The molecule has 0 unspecified atom stereocenters. The Morgan fingerprint density at radius 1 is 1.22 bits per heavy atom. The fourth-order valence-electron chi connectivity index (χ4n) is 2.84. The van der Waals surface area contributed by atoms with Crippen LogP contribution in [0.4, 0.5) is 0 Å². The van der Waals surface area contributed by atoms with E-state index < -0.39 is 10.0 Å². The number of piperazine rings is 1. The Morgan fingerprint density at radius 3 is 2.52 bits per heavy atom. The number of hydrogen-bond donors (Lipinski definition) is 0. The van der Waals surface area contributed by atoms with Crippen LogP contribution in [0.1, 0.15) is 18.4 Å². The number of carbonyl (C=O) groups excluding carboxylic acids is 1. The second kappa shape index (κ2) is 6.49. The maximum Gasteiger partial charge on any atom is 0.227 e. The van der Waals surface area contributed by atoms with Crippen LogP contribution in [0.25, 0.3) is 0 Å². The van der Waals surface area contributed by atoms with E-state index in [2.05, 4.69) is 0 Å². The SMILES string of the molecule is COc1cccc(CC(=O)N2CCN(S(=O)(=O)C3CC3)CC2)c1. The number of hydrogen-bond acceptors (Lipinski definition) is 4. The molecule has 0 bridgehead atoms. The second-order valence-electron chi connectivity index (χ2n) is 6.05. The fraction of sp³-hybridized carbons (Fsp3) is 0.562. The molecule has 0 spiro atoms. The molecule has 126 valence electrons. The van der Waals surface area contributed by atoms with Gasteiger partial charge in [-0.2, -0.15) is 4.31 Å². The zero-order chi connectivity index (χ0) is 16.4. The Labute approximate surface area is 137 Å². The van der Waals surface area contributed by atoms with Crippen molar-refractivity contribution in [2.45, 2.75) is 24.5 Å². The molecule has 2 fully saturated rings. The molecule has 1 heterocycles. The van der Waals surface area contributed by atoms with Gasteiger partial charge in [-0.1, -0.05) is 12.1 Å². The van der Waals surface area contributed by atoms with Crippen molar-refractivity contribution in [1.82, 2.24) is 9.21 Å². The van der Waals surface area contributed by atoms with Crippen molar-refractivity contribution in [3.8, 4) is 5.75 Å². The summed E-state index contributed by atoms with van der Waals surface area (Å²) in [5.74, 6) is 0.761. The zero-order valence-electron chi connectivity index (χ0n) is 13.3. The molecule has 1 aliphatic carbocycles. The minimum atomic E-state index is -3.13. The predicted octanol–water partition coefficient (Wildman–Crippen LogP) is 0.874. The van der Waals surface area contributed by atoms with Crippen molar-refractivity contribution in [2.75, 3.05) is 33.3 Å². The lowest BCUT2D eigenvalue weighted by Gasteiger charge is -2.34. The zero-order valence-corrected chi connectivity index (χ0v) is 14.1. The van der Waals surface area contributed by atoms with E-state index in [1.54, 1.807) is 16.3 Å². The molecule has 0 atom stereocenters. The largest absolute Gasteiger partial charge is 0.497 e. The highest BCUT2D eigenvalue weighted by Gasteiger charge is 2.41. The van der Waals surface area contributed by atoms with Crippen LogP contribution in [0.3, 0.4) is 0 Å². The first-order valence-corrected chi connectivity index (χ1v) is 9.40. The Kier molecular flexibility index (Phi) is 4.59. The van der Waals surface area contributed by atoms with E-state index in [0.29, 0.717) is 32.6 Å². The maximum absolute atomic E-state index is 12.4. The lowest BCUT2D eigenvalue weighted by molar-refractivity contribution is -0.131. The second-order valence-corrected chi connectivity index (χ2v) is 8.27. The molecule has 0 aromatic heterocycles. The van der Waals surface area contributed by atoms with E-state index in [-0.39, 0.29) is 11.2 Å². The summed E-state index contributed by atoms with van der Waals surface area (Å²) in [4.78, 5) is 14.1. The van der Waals surface area contributed by atoms with E-state index >= 15 is 0 Å². The fourth-order valence-corrected chi connectivity index (χ4v) is 4.66. The number of nitrogens with zero attached hydrogens (tertiary/aromatic N) is 2. The van der Waals surface area contributed by atoms with Crippen molar-refractivity contribution in [1.29, 1.82) is 0 Å². The van der Waals surface area contributed by atoms with Gasteiger partial charge < -0.3 is 9.64 Å². The Balaban J connectivity index is 1.55. The molecule has 0 radical (unpaired) electrons. The van der Waals surface area contributed by atoms with Gasteiger partial charge in [-0.25, -0.2) is 8.42 Å². The summed E-state index contributed by atoms with van der Waals surface area (Å²) in [7, 11) is -1.53. The molecule has 3 rings (SSSR count). The third kappa shape index (κ3) is 3.67. The van der Waals surface area contributed by atoms with E-state index in [1.807, 2.05) is 24.3 Å². The molecule has 1 aromatic rings. The molecule has 1 saturated heterocycles. The number of ether oxygens (including phenoxy) is 1. The number of benzene rings is 1. The van der Waals surface area contributed by atoms with E-state index in [1.165, 1.54) is 0 Å². The molecule has 1 aromatic carbocycles. The average molecular weight is 338 g/mol. The van der Waals surface area contributed by atoms with Crippen LogP contribution in [0.15, 0.2) is 24.3 Å². The summed E-state index contributed by atoms with van der Waals surface area (Å²) in [6.07, 6.45) is 1.86. The van der Waals surface area contributed by atoms with Crippen LogP contribution in [-0.4, -0.2) is 62.1 Å². The number of sulfonamides is 1. The highest BCUT2D eigenvalue weighted by Crippen LogP contribution is 2.31.